The Morgan fingerprint density at radius 3 is 2.38 bits per heavy atom. The summed E-state index contributed by atoms with van der Waals surface area (Å²) in [5.74, 6) is 4.77. The highest BCUT2D eigenvalue weighted by atomic mass is 35.5. The van der Waals surface area contributed by atoms with E-state index < -0.39 is 0 Å². The number of hydrogen-bond acceptors (Lipinski definition) is 2. The van der Waals surface area contributed by atoms with E-state index in [0.29, 0.717) is 6.61 Å². The summed E-state index contributed by atoms with van der Waals surface area (Å²) < 4.78 is 0. The van der Waals surface area contributed by atoms with Crippen molar-refractivity contribution in [3.63, 3.8) is 0 Å². The molecule has 52 valence electrons. The molecule has 0 bridgehead atoms. The van der Waals surface area contributed by atoms with Gasteiger partial charge in [-0.1, -0.05) is 19.8 Å². The molecule has 0 heterocycles. The minimum atomic E-state index is 0. The molecule has 0 aromatic heterocycles. The van der Waals surface area contributed by atoms with Gasteiger partial charge in [-0.15, -0.1) is 12.4 Å². The van der Waals surface area contributed by atoms with Gasteiger partial charge in [0.25, 0.3) is 0 Å². The number of rotatable bonds is 4. The van der Waals surface area contributed by atoms with E-state index in [0.717, 1.165) is 6.42 Å². The minimum Gasteiger partial charge on any atom is -0.305 e. The van der Waals surface area contributed by atoms with E-state index in [2.05, 4.69) is 11.8 Å². The summed E-state index contributed by atoms with van der Waals surface area (Å²) >= 11 is 0. The van der Waals surface area contributed by atoms with Crippen molar-refractivity contribution in [1.29, 1.82) is 0 Å². The molecule has 0 amide bonds. The van der Waals surface area contributed by atoms with Crippen LogP contribution in [0.15, 0.2) is 0 Å². The topological polar surface area (TPSA) is 35.2 Å². The molecule has 0 rings (SSSR count). The summed E-state index contributed by atoms with van der Waals surface area (Å²) in [6, 6.07) is 0. The lowest BCUT2D eigenvalue weighted by molar-refractivity contribution is 0.134. The Labute approximate surface area is 56.8 Å². The lowest BCUT2D eigenvalue weighted by Gasteiger charge is -1.92. The standard InChI is InChI=1S/C5H13NO.ClH/c1-2-3-4-5-7-6;/h2-6H2,1H3;1H. The van der Waals surface area contributed by atoms with Crippen molar-refractivity contribution < 1.29 is 4.84 Å². The van der Waals surface area contributed by atoms with Crippen LogP contribution in [-0.4, -0.2) is 6.61 Å². The van der Waals surface area contributed by atoms with Crippen LogP contribution in [0, 0.1) is 0 Å². The molecular weight excluding hydrogens is 126 g/mol. The van der Waals surface area contributed by atoms with Gasteiger partial charge in [0.05, 0.1) is 6.61 Å². The lowest BCUT2D eigenvalue weighted by Crippen LogP contribution is -1.99. The molecule has 0 fully saturated rings. The molecular formula is C5H14ClNO. The van der Waals surface area contributed by atoms with Gasteiger partial charge in [-0.3, -0.25) is 0 Å². The Kier molecular flexibility index (Phi) is 14.2. The molecule has 3 heteroatoms. The van der Waals surface area contributed by atoms with Gasteiger partial charge in [0.2, 0.25) is 0 Å². The summed E-state index contributed by atoms with van der Waals surface area (Å²) in [7, 11) is 0. The average molecular weight is 140 g/mol. The molecule has 0 radical (unpaired) electrons. The van der Waals surface area contributed by atoms with Crippen LogP contribution in [0.3, 0.4) is 0 Å². The van der Waals surface area contributed by atoms with Crippen LogP contribution in [0.5, 0.6) is 0 Å². The molecule has 0 aliphatic carbocycles. The monoisotopic (exact) mass is 139 g/mol. The van der Waals surface area contributed by atoms with Crippen LogP contribution in [0.2, 0.25) is 0 Å². The van der Waals surface area contributed by atoms with E-state index in [1.165, 1.54) is 12.8 Å². The van der Waals surface area contributed by atoms with Gasteiger partial charge in [0, 0.05) is 0 Å². The second-order valence-electron chi connectivity index (χ2n) is 1.58. The van der Waals surface area contributed by atoms with Gasteiger partial charge in [-0.05, 0) is 6.42 Å². The van der Waals surface area contributed by atoms with Gasteiger partial charge < -0.3 is 4.84 Å². The number of nitrogens with two attached hydrogens (primary N) is 1. The second-order valence-corrected chi connectivity index (χ2v) is 1.58. The number of unbranched alkanes of at least 4 members (excludes halogenated alkanes) is 2. The van der Waals surface area contributed by atoms with Crippen molar-refractivity contribution in [2.24, 2.45) is 5.90 Å². The van der Waals surface area contributed by atoms with Crippen molar-refractivity contribution in [2.75, 3.05) is 6.61 Å². The van der Waals surface area contributed by atoms with E-state index in [9.17, 15) is 0 Å². The normalized spacial score (nSPS) is 8.25. The van der Waals surface area contributed by atoms with Crippen molar-refractivity contribution in [2.45, 2.75) is 26.2 Å². The maximum atomic E-state index is 4.77. The van der Waals surface area contributed by atoms with E-state index in [1.807, 2.05) is 0 Å². The highest BCUT2D eigenvalue weighted by molar-refractivity contribution is 5.85. The van der Waals surface area contributed by atoms with E-state index in [1.54, 1.807) is 0 Å². The summed E-state index contributed by atoms with van der Waals surface area (Å²) in [5, 5.41) is 0. The Balaban J connectivity index is 0. The first-order chi connectivity index (χ1) is 3.41. The summed E-state index contributed by atoms with van der Waals surface area (Å²) in [5.41, 5.74) is 0. The molecule has 0 atom stereocenters. The zero-order chi connectivity index (χ0) is 5.54. The molecule has 0 spiro atoms. The van der Waals surface area contributed by atoms with Gasteiger partial charge >= 0.3 is 0 Å². The van der Waals surface area contributed by atoms with Gasteiger partial charge in [0.15, 0.2) is 0 Å². The quantitative estimate of drug-likeness (QED) is 0.473. The van der Waals surface area contributed by atoms with Crippen LogP contribution in [0.4, 0.5) is 0 Å². The van der Waals surface area contributed by atoms with E-state index >= 15 is 0 Å². The summed E-state index contributed by atoms with van der Waals surface area (Å²) in [6.07, 6.45) is 3.54. The third kappa shape index (κ3) is 9.51. The maximum Gasteiger partial charge on any atom is 0.0679 e. The third-order valence-electron chi connectivity index (χ3n) is 0.866. The number of halogens is 1. The van der Waals surface area contributed by atoms with Crippen molar-refractivity contribution >= 4 is 12.4 Å². The average Bonchev–Trinajstić information content (AvgIpc) is 1.69. The highest BCUT2D eigenvalue weighted by Gasteiger charge is 1.80. The fourth-order valence-electron chi connectivity index (χ4n) is 0.435. The molecule has 2 N–H and O–H groups in total. The smallest absolute Gasteiger partial charge is 0.0679 e. The fourth-order valence-corrected chi connectivity index (χ4v) is 0.435. The largest absolute Gasteiger partial charge is 0.305 e. The molecule has 0 saturated heterocycles. The lowest BCUT2D eigenvalue weighted by atomic mass is 10.3. The first-order valence-electron chi connectivity index (χ1n) is 2.73. The molecule has 2 nitrogen and oxygen atoms in total. The first-order valence-corrected chi connectivity index (χ1v) is 2.73. The minimum absolute atomic E-state index is 0. The van der Waals surface area contributed by atoms with Gasteiger partial charge in [0.1, 0.15) is 0 Å². The molecule has 0 aliphatic rings. The molecule has 8 heavy (non-hydrogen) atoms. The first kappa shape index (κ1) is 11.1. The molecule has 0 unspecified atom stereocenters. The van der Waals surface area contributed by atoms with Crippen molar-refractivity contribution in [3.05, 3.63) is 0 Å². The number of hydrogen-bond donors (Lipinski definition) is 1. The Hall–Kier alpha value is 0.210. The SMILES string of the molecule is CCCCCON.Cl. The predicted molar refractivity (Wildman–Crippen MR) is 36.9 cm³/mol. The van der Waals surface area contributed by atoms with Crippen molar-refractivity contribution in [3.8, 4) is 0 Å². The van der Waals surface area contributed by atoms with E-state index in [-0.39, 0.29) is 12.4 Å². The van der Waals surface area contributed by atoms with Crippen LogP contribution in [0.25, 0.3) is 0 Å². The van der Waals surface area contributed by atoms with Gasteiger partial charge in [-0.2, -0.15) is 0 Å². The maximum absolute atomic E-state index is 4.77. The van der Waals surface area contributed by atoms with Crippen molar-refractivity contribution in [1.82, 2.24) is 0 Å². The van der Waals surface area contributed by atoms with Crippen LogP contribution in [-0.2, 0) is 4.84 Å². The van der Waals surface area contributed by atoms with E-state index in [4.69, 9.17) is 5.90 Å². The fraction of sp³-hybridized carbons (Fsp3) is 1.00. The Morgan fingerprint density at radius 1 is 1.38 bits per heavy atom. The zero-order valence-corrected chi connectivity index (χ0v) is 6.04. The van der Waals surface area contributed by atoms with Crippen LogP contribution >= 0.6 is 12.4 Å². The van der Waals surface area contributed by atoms with Crippen LogP contribution < -0.4 is 5.90 Å². The Morgan fingerprint density at radius 2 is 2.00 bits per heavy atom. The third-order valence-corrected chi connectivity index (χ3v) is 0.866. The van der Waals surface area contributed by atoms with Crippen LogP contribution in [0.1, 0.15) is 26.2 Å². The Bertz CT molecular complexity index is 31.6. The molecule has 0 aliphatic heterocycles. The highest BCUT2D eigenvalue weighted by Crippen LogP contribution is 1.91. The summed E-state index contributed by atoms with van der Waals surface area (Å²) in [6.45, 7) is 2.85. The molecule has 0 aromatic rings. The predicted octanol–water partition coefficient (Wildman–Crippen LogP) is 1.49. The molecule has 0 aromatic carbocycles. The zero-order valence-electron chi connectivity index (χ0n) is 5.22. The second kappa shape index (κ2) is 10.2. The molecule has 0 saturated carbocycles. The summed E-state index contributed by atoms with van der Waals surface area (Å²) in [4.78, 5) is 4.34. The van der Waals surface area contributed by atoms with Gasteiger partial charge in [-0.25, -0.2) is 5.90 Å².